The van der Waals surface area contributed by atoms with E-state index < -0.39 is 11.6 Å². The Morgan fingerprint density at radius 3 is 2.52 bits per heavy atom. The molecule has 1 heterocycles. The van der Waals surface area contributed by atoms with Crippen LogP contribution in [0.15, 0.2) is 39.7 Å². The van der Waals surface area contributed by atoms with Gasteiger partial charge in [-0.1, -0.05) is 0 Å². The number of H-pyrrole nitrogens is 1. The normalized spacial score (nSPS) is 11.0. The van der Waals surface area contributed by atoms with E-state index in [1.165, 1.54) is 16.9 Å². The van der Waals surface area contributed by atoms with Gasteiger partial charge in [-0.25, -0.2) is 8.78 Å². The smallest absolute Gasteiger partial charge is 0.272 e. The fourth-order valence-electron chi connectivity index (χ4n) is 2.53. The van der Waals surface area contributed by atoms with Crippen LogP contribution in [0.2, 0.25) is 0 Å². The van der Waals surface area contributed by atoms with Crippen molar-refractivity contribution in [3.8, 4) is 11.1 Å². The number of benzene rings is 2. The largest absolute Gasteiger partial charge is 0.352 e. The molecule has 130 valence electrons. The minimum absolute atomic E-state index is 0.0480. The summed E-state index contributed by atoms with van der Waals surface area (Å²) in [5.41, 5.74) is 1.56. The van der Waals surface area contributed by atoms with E-state index in [-0.39, 0.29) is 26.8 Å². The molecule has 2 aromatic carbocycles. The van der Waals surface area contributed by atoms with Crippen molar-refractivity contribution in [1.82, 2.24) is 9.78 Å². The summed E-state index contributed by atoms with van der Waals surface area (Å²) in [5, 5.41) is 5.51. The highest BCUT2D eigenvalue weighted by molar-refractivity contribution is 14.1. The van der Waals surface area contributed by atoms with E-state index >= 15 is 0 Å². The zero-order valence-corrected chi connectivity index (χ0v) is 17.0. The first-order chi connectivity index (χ1) is 11.8. The van der Waals surface area contributed by atoms with Crippen LogP contribution in [0.25, 0.3) is 11.1 Å². The lowest BCUT2D eigenvalue weighted by Gasteiger charge is -2.15. The average Bonchev–Trinajstić information content (AvgIpc) is 2.88. The van der Waals surface area contributed by atoms with Crippen molar-refractivity contribution in [3.05, 3.63) is 66.1 Å². The maximum atomic E-state index is 14.7. The highest BCUT2D eigenvalue weighted by Gasteiger charge is 2.21. The third kappa shape index (κ3) is 3.50. The minimum Gasteiger partial charge on any atom is -0.352 e. The van der Waals surface area contributed by atoms with E-state index in [0.717, 1.165) is 9.13 Å². The number of nitrogens with zero attached hydrogens (tertiary/aromatic N) is 1. The third-order valence-corrected chi connectivity index (χ3v) is 4.99. The number of aryl methyl sites for hydroxylation is 2. The zero-order valence-electron chi connectivity index (χ0n) is 13.3. The molecule has 0 bridgehead atoms. The Hall–Kier alpha value is -1.68. The number of hydrogen-bond donors (Lipinski definition) is 2. The van der Waals surface area contributed by atoms with Gasteiger partial charge in [0.2, 0.25) is 0 Å². The van der Waals surface area contributed by atoms with Crippen molar-refractivity contribution in [2.45, 2.75) is 6.92 Å². The maximum absolute atomic E-state index is 14.7. The molecular weight excluding hydrogens is 507 g/mol. The second-order valence-electron chi connectivity index (χ2n) is 5.59. The van der Waals surface area contributed by atoms with Crippen LogP contribution >= 0.6 is 38.5 Å². The molecule has 3 rings (SSSR count). The molecule has 8 heteroatoms. The first-order valence-corrected chi connectivity index (χ1v) is 9.11. The Morgan fingerprint density at radius 1 is 1.20 bits per heavy atom. The molecule has 0 amide bonds. The molecule has 0 saturated carbocycles. The fourth-order valence-corrected chi connectivity index (χ4v) is 3.58. The van der Waals surface area contributed by atoms with Crippen LogP contribution in [0.3, 0.4) is 0 Å². The Balaban J connectivity index is 2.22. The molecule has 25 heavy (non-hydrogen) atoms. The van der Waals surface area contributed by atoms with Crippen LogP contribution in [0, 0.1) is 22.1 Å². The first kappa shape index (κ1) is 18.1. The monoisotopic (exact) mass is 519 g/mol. The van der Waals surface area contributed by atoms with E-state index in [4.69, 9.17) is 0 Å². The Kier molecular flexibility index (Phi) is 5.01. The molecule has 0 saturated heterocycles. The summed E-state index contributed by atoms with van der Waals surface area (Å²) >= 11 is 5.18. The molecular formula is C17H13BrF2IN3O. The molecule has 0 aliphatic rings. The highest BCUT2D eigenvalue weighted by atomic mass is 127. The second kappa shape index (κ2) is 6.91. The zero-order chi connectivity index (χ0) is 18.3. The van der Waals surface area contributed by atoms with Gasteiger partial charge in [-0.3, -0.25) is 14.6 Å². The maximum Gasteiger partial charge on any atom is 0.272 e. The summed E-state index contributed by atoms with van der Waals surface area (Å²) < 4.78 is 31.2. The van der Waals surface area contributed by atoms with E-state index in [2.05, 4.69) is 48.9 Å². The lowest BCUT2D eigenvalue weighted by Crippen LogP contribution is -2.07. The third-order valence-electron chi connectivity index (χ3n) is 3.75. The number of aromatic amines is 1. The van der Waals surface area contributed by atoms with Gasteiger partial charge < -0.3 is 5.32 Å². The van der Waals surface area contributed by atoms with Crippen molar-refractivity contribution in [3.63, 3.8) is 0 Å². The molecule has 2 N–H and O–H groups in total. The van der Waals surface area contributed by atoms with Crippen LogP contribution in [0.1, 0.15) is 5.56 Å². The molecule has 0 radical (unpaired) electrons. The fraction of sp³-hybridized carbons (Fsp3) is 0.118. The average molecular weight is 520 g/mol. The quantitative estimate of drug-likeness (QED) is 0.374. The van der Waals surface area contributed by atoms with E-state index in [0.29, 0.717) is 5.69 Å². The van der Waals surface area contributed by atoms with Crippen molar-refractivity contribution in [2.24, 2.45) is 7.05 Å². The summed E-state index contributed by atoms with van der Waals surface area (Å²) in [5.74, 6) is -2.06. The number of aromatic nitrogens is 2. The Bertz CT molecular complexity index is 1030. The van der Waals surface area contributed by atoms with Gasteiger partial charge in [0.25, 0.3) is 5.56 Å². The topological polar surface area (TPSA) is 49.8 Å². The number of hydrogen-bond acceptors (Lipinski definition) is 2. The van der Waals surface area contributed by atoms with Crippen molar-refractivity contribution >= 4 is 49.9 Å². The van der Waals surface area contributed by atoms with Gasteiger partial charge in [0.15, 0.2) is 11.6 Å². The van der Waals surface area contributed by atoms with Crippen LogP contribution < -0.4 is 10.9 Å². The predicted molar refractivity (Wildman–Crippen MR) is 106 cm³/mol. The van der Waals surface area contributed by atoms with E-state index in [1.54, 1.807) is 13.1 Å². The number of nitrogens with one attached hydrogen (secondary N) is 2. The summed E-state index contributed by atoms with van der Waals surface area (Å²) in [4.78, 5) is 12.1. The molecule has 3 aromatic rings. The molecule has 1 aromatic heterocycles. The number of halogens is 4. The van der Waals surface area contributed by atoms with E-state index in [1.807, 2.05) is 19.1 Å². The molecule has 0 aliphatic carbocycles. The lowest BCUT2D eigenvalue weighted by atomic mass is 10.1. The first-order valence-electron chi connectivity index (χ1n) is 7.24. The highest BCUT2D eigenvalue weighted by Crippen LogP contribution is 2.37. The van der Waals surface area contributed by atoms with Gasteiger partial charge in [0.1, 0.15) is 0 Å². The summed E-state index contributed by atoms with van der Waals surface area (Å²) in [6.45, 7) is 1.87. The van der Waals surface area contributed by atoms with Gasteiger partial charge in [-0.05, 0) is 75.3 Å². The second-order valence-corrected chi connectivity index (χ2v) is 7.69. The van der Waals surface area contributed by atoms with Gasteiger partial charge in [-0.15, -0.1) is 0 Å². The molecule has 0 atom stereocenters. The van der Waals surface area contributed by atoms with Gasteiger partial charge in [0.05, 0.1) is 15.7 Å². The van der Waals surface area contributed by atoms with Crippen molar-refractivity contribution in [1.29, 1.82) is 0 Å². The Morgan fingerprint density at radius 2 is 1.92 bits per heavy atom. The molecule has 0 aliphatic heterocycles. The molecule has 4 nitrogen and oxygen atoms in total. The molecule has 0 spiro atoms. The van der Waals surface area contributed by atoms with Crippen LogP contribution in [0.5, 0.6) is 0 Å². The van der Waals surface area contributed by atoms with Crippen LogP contribution in [0.4, 0.5) is 20.2 Å². The molecule has 0 fully saturated rings. The summed E-state index contributed by atoms with van der Waals surface area (Å²) in [6.07, 6.45) is 1.54. The number of rotatable bonds is 3. The molecule has 0 unspecified atom stereocenters. The summed E-state index contributed by atoms with van der Waals surface area (Å²) in [7, 11) is 1.65. The summed E-state index contributed by atoms with van der Waals surface area (Å²) in [6, 6.07) is 6.96. The van der Waals surface area contributed by atoms with Gasteiger partial charge >= 0.3 is 0 Å². The standard InChI is InChI=1S/C17H13BrF2IN3O/c1-8-5-9(21)3-4-13(8)22-16-10(6-12(18)14(19)15(16)20)11-7-24(2)23-17(11)25/h3-7,22H,1-2H3,(H,23,25). The van der Waals surface area contributed by atoms with Gasteiger partial charge in [-0.2, -0.15) is 0 Å². The predicted octanol–water partition coefficient (Wildman–Crippen LogP) is 5.08. The Labute approximate surface area is 164 Å². The van der Waals surface area contributed by atoms with Crippen molar-refractivity contribution in [2.75, 3.05) is 5.32 Å². The lowest BCUT2D eigenvalue weighted by molar-refractivity contribution is 0.507. The van der Waals surface area contributed by atoms with Gasteiger partial charge in [0, 0.05) is 28.1 Å². The minimum atomic E-state index is -1.05. The van der Waals surface area contributed by atoms with E-state index in [9.17, 15) is 13.6 Å². The van der Waals surface area contributed by atoms with Crippen LogP contribution in [-0.2, 0) is 7.05 Å². The number of anilines is 2. The SMILES string of the molecule is Cc1cc(I)ccc1Nc1c(-c2cn(C)[nH]c2=O)cc(Br)c(F)c1F. The van der Waals surface area contributed by atoms with Crippen LogP contribution in [-0.4, -0.2) is 9.78 Å². The van der Waals surface area contributed by atoms with Crippen molar-refractivity contribution < 1.29 is 8.78 Å².